The van der Waals surface area contributed by atoms with E-state index in [1.165, 1.54) is 12.8 Å². The van der Waals surface area contributed by atoms with Crippen LogP contribution in [0.4, 0.5) is 0 Å². The molecule has 0 N–H and O–H groups in total. The lowest BCUT2D eigenvalue weighted by atomic mass is 9.89. The van der Waals surface area contributed by atoms with E-state index >= 15 is 0 Å². The van der Waals surface area contributed by atoms with Crippen molar-refractivity contribution in [2.24, 2.45) is 0 Å². The van der Waals surface area contributed by atoms with Gasteiger partial charge in [-0.2, -0.15) is 0 Å². The van der Waals surface area contributed by atoms with E-state index in [9.17, 15) is 0 Å². The summed E-state index contributed by atoms with van der Waals surface area (Å²) in [5.74, 6) is 2.03. The van der Waals surface area contributed by atoms with Gasteiger partial charge in [0.05, 0.1) is 11.2 Å². The molecule has 1 saturated heterocycles. The van der Waals surface area contributed by atoms with Gasteiger partial charge in [-0.1, -0.05) is 31.8 Å². The minimum atomic E-state index is -0.216. The Morgan fingerprint density at radius 1 is 1.07 bits per heavy atom. The summed E-state index contributed by atoms with van der Waals surface area (Å²) in [5.41, 5.74) is -0.431. The summed E-state index contributed by atoms with van der Waals surface area (Å²) in [6.07, 6.45) is 5.73. The van der Waals surface area contributed by atoms with Crippen LogP contribution >= 0.6 is 0 Å². The molecule has 0 atom stereocenters. The molecular formula is C12H23BO2. The van der Waals surface area contributed by atoms with E-state index < -0.39 is 0 Å². The monoisotopic (exact) mass is 210 g/mol. The average molecular weight is 210 g/mol. The fourth-order valence-corrected chi connectivity index (χ4v) is 1.50. The van der Waals surface area contributed by atoms with Crippen LogP contribution in [0.1, 0.15) is 53.9 Å². The molecule has 0 aromatic heterocycles. The van der Waals surface area contributed by atoms with E-state index in [4.69, 9.17) is 9.31 Å². The Morgan fingerprint density at radius 2 is 1.60 bits per heavy atom. The first-order valence-electron chi connectivity index (χ1n) is 5.91. The third kappa shape index (κ3) is 3.09. The summed E-state index contributed by atoms with van der Waals surface area (Å²) in [6, 6.07) is 0. The number of hydrogen-bond acceptors (Lipinski definition) is 2. The van der Waals surface area contributed by atoms with E-state index in [1.54, 1.807) is 0 Å². The predicted molar refractivity (Wildman–Crippen MR) is 64.7 cm³/mol. The Balaban J connectivity index is 2.45. The number of allylic oxidation sites excluding steroid dienone is 1. The van der Waals surface area contributed by atoms with Crippen LogP contribution in [-0.2, 0) is 9.31 Å². The quantitative estimate of drug-likeness (QED) is 0.523. The summed E-state index contributed by atoms with van der Waals surface area (Å²) < 4.78 is 11.7. The Bertz CT molecular complexity index is 218. The van der Waals surface area contributed by atoms with Crippen LogP contribution in [0.25, 0.3) is 0 Å². The first-order chi connectivity index (χ1) is 6.89. The molecule has 0 bridgehead atoms. The van der Waals surface area contributed by atoms with E-state index in [0.29, 0.717) is 0 Å². The molecule has 0 radical (unpaired) electrons. The van der Waals surface area contributed by atoms with Crippen molar-refractivity contribution < 1.29 is 9.31 Å². The second kappa shape index (κ2) is 4.71. The van der Waals surface area contributed by atoms with Gasteiger partial charge in [-0.05, 0) is 34.1 Å². The second-order valence-electron chi connectivity index (χ2n) is 5.20. The number of unbranched alkanes of at least 4 members (excludes halogenated alkanes) is 2. The van der Waals surface area contributed by atoms with Gasteiger partial charge in [-0.25, -0.2) is 0 Å². The molecule has 0 aromatic rings. The van der Waals surface area contributed by atoms with Gasteiger partial charge in [-0.3, -0.25) is 0 Å². The zero-order chi connectivity index (χ0) is 11.5. The Kier molecular flexibility index (Phi) is 4.02. The molecule has 0 spiro atoms. The van der Waals surface area contributed by atoms with Crippen molar-refractivity contribution >= 4 is 7.12 Å². The Hall–Kier alpha value is -0.275. The van der Waals surface area contributed by atoms with Crippen LogP contribution in [0, 0.1) is 0 Å². The van der Waals surface area contributed by atoms with Crippen molar-refractivity contribution in [1.29, 1.82) is 0 Å². The molecule has 1 heterocycles. The summed E-state index contributed by atoms with van der Waals surface area (Å²) >= 11 is 0. The molecule has 1 rings (SSSR count). The van der Waals surface area contributed by atoms with E-state index in [1.807, 2.05) is 5.98 Å². The topological polar surface area (TPSA) is 18.5 Å². The van der Waals surface area contributed by atoms with Crippen LogP contribution in [0.15, 0.2) is 12.1 Å². The molecule has 0 amide bonds. The van der Waals surface area contributed by atoms with Crippen molar-refractivity contribution in [2.75, 3.05) is 0 Å². The number of hydrogen-bond donors (Lipinski definition) is 0. The lowest BCUT2D eigenvalue weighted by Gasteiger charge is -2.32. The first kappa shape index (κ1) is 12.8. The minimum Gasteiger partial charge on any atom is -0.400 e. The highest BCUT2D eigenvalue weighted by molar-refractivity contribution is 6.51. The zero-order valence-electron chi connectivity index (χ0n) is 10.7. The third-order valence-electron chi connectivity index (χ3n) is 3.29. The normalized spacial score (nSPS) is 23.9. The predicted octanol–water partition coefficient (Wildman–Crippen LogP) is 3.36. The molecular weight excluding hydrogens is 187 g/mol. The number of rotatable bonds is 4. The fourth-order valence-electron chi connectivity index (χ4n) is 1.50. The third-order valence-corrected chi connectivity index (χ3v) is 3.29. The Morgan fingerprint density at radius 3 is 2.07 bits per heavy atom. The average Bonchev–Trinajstić information content (AvgIpc) is 2.30. The Labute approximate surface area is 94.2 Å². The SMILES string of the molecule is CCCC/C=C\B1OC(C)(C)C(C)(C)O1. The van der Waals surface area contributed by atoms with Gasteiger partial charge < -0.3 is 9.31 Å². The van der Waals surface area contributed by atoms with Crippen LogP contribution < -0.4 is 0 Å². The highest BCUT2D eigenvalue weighted by Gasteiger charge is 2.49. The van der Waals surface area contributed by atoms with Gasteiger partial charge in [0.15, 0.2) is 0 Å². The van der Waals surface area contributed by atoms with Gasteiger partial charge in [0.2, 0.25) is 0 Å². The molecule has 15 heavy (non-hydrogen) atoms. The van der Waals surface area contributed by atoms with Crippen molar-refractivity contribution in [3.8, 4) is 0 Å². The van der Waals surface area contributed by atoms with Crippen molar-refractivity contribution in [2.45, 2.75) is 65.1 Å². The second-order valence-corrected chi connectivity index (χ2v) is 5.20. The molecule has 0 saturated carbocycles. The maximum absolute atomic E-state index is 5.84. The lowest BCUT2D eigenvalue weighted by Crippen LogP contribution is -2.41. The minimum absolute atomic E-state index is 0.174. The molecule has 2 nitrogen and oxygen atoms in total. The van der Waals surface area contributed by atoms with Gasteiger partial charge in [0.25, 0.3) is 0 Å². The van der Waals surface area contributed by atoms with Gasteiger partial charge in [-0.15, -0.1) is 0 Å². The van der Waals surface area contributed by atoms with Gasteiger partial charge in [0, 0.05) is 0 Å². The molecule has 1 aliphatic rings. The summed E-state index contributed by atoms with van der Waals surface area (Å²) in [4.78, 5) is 0. The van der Waals surface area contributed by atoms with Crippen LogP contribution in [0.3, 0.4) is 0 Å². The van der Waals surface area contributed by atoms with E-state index in [0.717, 1.165) is 6.42 Å². The largest absolute Gasteiger partial charge is 0.486 e. The fraction of sp³-hybridized carbons (Fsp3) is 0.833. The van der Waals surface area contributed by atoms with Crippen LogP contribution in [0.5, 0.6) is 0 Å². The molecule has 0 aromatic carbocycles. The summed E-state index contributed by atoms with van der Waals surface area (Å²) in [7, 11) is -0.174. The molecule has 3 heteroatoms. The maximum atomic E-state index is 5.84. The molecule has 0 unspecified atom stereocenters. The van der Waals surface area contributed by atoms with Crippen molar-refractivity contribution in [1.82, 2.24) is 0 Å². The summed E-state index contributed by atoms with van der Waals surface area (Å²) in [5, 5.41) is 0. The first-order valence-corrected chi connectivity index (χ1v) is 5.91. The highest BCUT2D eigenvalue weighted by atomic mass is 16.7. The van der Waals surface area contributed by atoms with E-state index in [-0.39, 0.29) is 18.3 Å². The van der Waals surface area contributed by atoms with Crippen LogP contribution in [0.2, 0.25) is 0 Å². The molecule has 0 aliphatic carbocycles. The van der Waals surface area contributed by atoms with Crippen molar-refractivity contribution in [3.63, 3.8) is 0 Å². The van der Waals surface area contributed by atoms with E-state index in [2.05, 4.69) is 40.7 Å². The summed E-state index contributed by atoms with van der Waals surface area (Å²) in [6.45, 7) is 10.5. The maximum Gasteiger partial charge on any atom is 0.486 e. The smallest absolute Gasteiger partial charge is 0.400 e. The molecule has 1 fully saturated rings. The zero-order valence-corrected chi connectivity index (χ0v) is 10.7. The van der Waals surface area contributed by atoms with Crippen LogP contribution in [-0.4, -0.2) is 18.3 Å². The standard InChI is InChI=1S/C12H23BO2/c1-6-7-8-9-10-13-14-11(2,3)12(4,5)15-13/h9-10H,6-8H2,1-5H3/b10-9-. The molecule has 86 valence electrons. The van der Waals surface area contributed by atoms with Crippen molar-refractivity contribution in [3.05, 3.63) is 12.1 Å². The van der Waals surface area contributed by atoms with Gasteiger partial charge in [0.1, 0.15) is 0 Å². The molecule has 1 aliphatic heterocycles. The highest BCUT2D eigenvalue weighted by Crippen LogP contribution is 2.36. The lowest BCUT2D eigenvalue weighted by molar-refractivity contribution is 0.00578. The van der Waals surface area contributed by atoms with Gasteiger partial charge >= 0.3 is 7.12 Å².